The van der Waals surface area contributed by atoms with Gasteiger partial charge in [0, 0.05) is 10.6 Å². The Morgan fingerprint density at radius 3 is 2.25 bits per heavy atom. The molecule has 0 aliphatic carbocycles. The lowest BCUT2D eigenvalue weighted by Gasteiger charge is -2.20. The van der Waals surface area contributed by atoms with Crippen LogP contribution in [0.2, 0.25) is 5.02 Å². The van der Waals surface area contributed by atoms with Crippen LogP contribution in [0, 0.1) is 5.92 Å². The fraction of sp³-hybridized carbons (Fsp3) is 0.211. The zero-order valence-corrected chi connectivity index (χ0v) is 19.0. The molecule has 0 aliphatic rings. The van der Waals surface area contributed by atoms with Gasteiger partial charge < -0.3 is 10.4 Å². The normalized spacial score (nSPS) is 12.2. The molecule has 0 heterocycles. The van der Waals surface area contributed by atoms with Crippen LogP contribution >= 0.6 is 43.5 Å². The molecule has 0 aliphatic heterocycles. The molecule has 28 heavy (non-hydrogen) atoms. The van der Waals surface area contributed by atoms with Gasteiger partial charge in [0.25, 0.3) is 11.8 Å². The fourth-order valence-corrected chi connectivity index (χ4v) is 3.61. The van der Waals surface area contributed by atoms with Gasteiger partial charge in [0.15, 0.2) is 0 Å². The van der Waals surface area contributed by atoms with Crippen molar-refractivity contribution in [3.63, 3.8) is 0 Å². The highest BCUT2D eigenvalue weighted by Crippen LogP contribution is 2.32. The van der Waals surface area contributed by atoms with Gasteiger partial charge in [-0.1, -0.05) is 25.4 Å². The first-order valence-corrected chi connectivity index (χ1v) is 10.2. The number of carbonyl (C=O) groups excluding carboxylic acids is 2. The number of carbonyl (C=O) groups is 2. The minimum atomic E-state index is -0.765. The Morgan fingerprint density at radius 1 is 1.14 bits per heavy atom. The van der Waals surface area contributed by atoms with Crippen molar-refractivity contribution >= 4 is 61.5 Å². The molecule has 0 bridgehead atoms. The molecular weight excluding hydrogens is 513 g/mol. The monoisotopic (exact) mass is 529 g/mol. The second-order valence-electron chi connectivity index (χ2n) is 6.27. The zero-order valence-electron chi connectivity index (χ0n) is 15.0. The summed E-state index contributed by atoms with van der Waals surface area (Å²) in [6.07, 6.45) is 1.44. The molecule has 2 aromatic carbocycles. The summed E-state index contributed by atoms with van der Waals surface area (Å²) >= 11 is 12.3. The maximum absolute atomic E-state index is 12.5. The van der Waals surface area contributed by atoms with Crippen LogP contribution in [0.3, 0.4) is 0 Å². The number of hydrogen-bond acceptors (Lipinski definition) is 4. The van der Waals surface area contributed by atoms with Gasteiger partial charge in [0.05, 0.1) is 15.2 Å². The van der Waals surface area contributed by atoms with Gasteiger partial charge >= 0.3 is 0 Å². The lowest BCUT2D eigenvalue weighted by Crippen LogP contribution is -2.48. The first kappa shape index (κ1) is 22.4. The molecule has 0 spiro atoms. The highest BCUT2D eigenvalue weighted by atomic mass is 79.9. The number of halogens is 3. The molecular formula is C19H18Br2ClN3O3. The molecule has 0 aromatic heterocycles. The van der Waals surface area contributed by atoms with E-state index in [0.717, 1.165) is 0 Å². The van der Waals surface area contributed by atoms with Crippen LogP contribution in [-0.4, -0.2) is 29.2 Å². The molecule has 0 saturated heterocycles. The maximum Gasteiger partial charge on any atom is 0.262 e. The Labute approximate surface area is 184 Å². The molecule has 2 rings (SSSR count). The number of aromatic hydroxyl groups is 1. The summed E-state index contributed by atoms with van der Waals surface area (Å²) in [5, 5.41) is 16.9. The molecule has 6 nitrogen and oxygen atoms in total. The molecule has 148 valence electrons. The summed E-state index contributed by atoms with van der Waals surface area (Å²) in [6.45, 7) is 3.65. The quantitative estimate of drug-likeness (QED) is 0.379. The third-order valence-electron chi connectivity index (χ3n) is 3.77. The number of amides is 2. The van der Waals surface area contributed by atoms with Crippen molar-refractivity contribution in [2.24, 2.45) is 11.0 Å². The number of nitrogens with one attached hydrogen (secondary N) is 2. The van der Waals surface area contributed by atoms with Crippen LogP contribution in [-0.2, 0) is 4.79 Å². The van der Waals surface area contributed by atoms with Gasteiger partial charge in [-0.15, -0.1) is 0 Å². The molecule has 9 heteroatoms. The second kappa shape index (κ2) is 10.0. The number of nitrogens with zero attached hydrogens (tertiary/aromatic N) is 1. The predicted molar refractivity (Wildman–Crippen MR) is 117 cm³/mol. The van der Waals surface area contributed by atoms with Crippen LogP contribution in [0.1, 0.15) is 29.8 Å². The van der Waals surface area contributed by atoms with Crippen molar-refractivity contribution in [1.82, 2.24) is 10.7 Å². The van der Waals surface area contributed by atoms with E-state index in [1.165, 1.54) is 6.21 Å². The van der Waals surface area contributed by atoms with E-state index in [-0.39, 0.29) is 17.6 Å². The van der Waals surface area contributed by atoms with Crippen molar-refractivity contribution < 1.29 is 14.7 Å². The molecule has 2 amide bonds. The van der Waals surface area contributed by atoms with Crippen molar-refractivity contribution in [3.8, 4) is 5.75 Å². The third kappa shape index (κ3) is 6.05. The molecule has 2 aromatic rings. The Bertz CT molecular complexity index is 879. The fourth-order valence-electron chi connectivity index (χ4n) is 2.26. The first-order valence-electron chi connectivity index (χ1n) is 8.26. The van der Waals surface area contributed by atoms with Gasteiger partial charge in [-0.3, -0.25) is 9.59 Å². The summed E-state index contributed by atoms with van der Waals surface area (Å²) in [7, 11) is 0. The summed E-state index contributed by atoms with van der Waals surface area (Å²) < 4.78 is 0.981. The summed E-state index contributed by atoms with van der Waals surface area (Å²) in [6, 6.07) is 8.93. The number of benzene rings is 2. The average molecular weight is 532 g/mol. The van der Waals surface area contributed by atoms with E-state index >= 15 is 0 Å². The van der Waals surface area contributed by atoms with Gasteiger partial charge in [0.2, 0.25) is 0 Å². The topological polar surface area (TPSA) is 90.8 Å². The molecule has 1 unspecified atom stereocenters. The zero-order chi connectivity index (χ0) is 20.8. The highest BCUT2D eigenvalue weighted by molar-refractivity contribution is 9.11. The number of rotatable bonds is 6. The molecule has 0 saturated carbocycles. The lowest BCUT2D eigenvalue weighted by atomic mass is 10.0. The molecule has 0 radical (unpaired) electrons. The Hall–Kier alpha value is -1.90. The number of hydrazone groups is 1. The number of hydrogen-bond donors (Lipinski definition) is 3. The van der Waals surface area contributed by atoms with Gasteiger partial charge in [-0.2, -0.15) is 5.10 Å². The van der Waals surface area contributed by atoms with Crippen LogP contribution < -0.4 is 10.7 Å². The minimum Gasteiger partial charge on any atom is -0.506 e. The minimum absolute atomic E-state index is 0.0750. The third-order valence-corrected chi connectivity index (χ3v) is 5.23. The van der Waals surface area contributed by atoms with E-state index in [9.17, 15) is 14.7 Å². The van der Waals surface area contributed by atoms with Crippen molar-refractivity contribution in [1.29, 1.82) is 0 Å². The van der Waals surface area contributed by atoms with E-state index in [0.29, 0.717) is 25.1 Å². The van der Waals surface area contributed by atoms with Crippen LogP contribution in [0.15, 0.2) is 50.4 Å². The van der Waals surface area contributed by atoms with E-state index in [2.05, 4.69) is 47.7 Å². The van der Waals surface area contributed by atoms with E-state index in [1.807, 2.05) is 13.8 Å². The first-order chi connectivity index (χ1) is 13.2. The lowest BCUT2D eigenvalue weighted by molar-refractivity contribution is -0.123. The summed E-state index contributed by atoms with van der Waals surface area (Å²) in [5.41, 5.74) is 3.50. The molecule has 0 fully saturated rings. The SMILES string of the molecule is CC(C)C(NC(=O)c1ccc(Cl)cc1)C(=O)NN=Cc1cc(Br)c(O)c(Br)c1. The van der Waals surface area contributed by atoms with Crippen LogP contribution in [0.5, 0.6) is 5.75 Å². The van der Waals surface area contributed by atoms with Gasteiger partial charge in [-0.05, 0) is 79.7 Å². The van der Waals surface area contributed by atoms with E-state index in [4.69, 9.17) is 11.6 Å². The Balaban J connectivity index is 2.04. The van der Waals surface area contributed by atoms with Crippen LogP contribution in [0.25, 0.3) is 0 Å². The van der Waals surface area contributed by atoms with E-state index in [1.54, 1.807) is 36.4 Å². The second-order valence-corrected chi connectivity index (χ2v) is 8.41. The van der Waals surface area contributed by atoms with Crippen molar-refractivity contribution in [2.45, 2.75) is 19.9 Å². The van der Waals surface area contributed by atoms with E-state index < -0.39 is 11.9 Å². The molecule has 3 N–H and O–H groups in total. The number of phenols is 1. The van der Waals surface area contributed by atoms with Gasteiger partial charge in [0.1, 0.15) is 11.8 Å². The molecule has 1 atom stereocenters. The Kier molecular flexibility index (Phi) is 8.03. The largest absolute Gasteiger partial charge is 0.506 e. The van der Waals surface area contributed by atoms with Crippen molar-refractivity contribution in [3.05, 3.63) is 61.5 Å². The van der Waals surface area contributed by atoms with Crippen LogP contribution in [0.4, 0.5) is 0 Å². The Morgan fingerprint density at radius 2 is 1.71 bits per heavy atom. The summed E-state index contributed by atoms with van der Waals surface area (Å²) in [5.74, 6) is -0.888. The summed E-state index contributed by atoms with van der Waals surface area (Å²) in [4.78, 5) is 24.8. The highest BCUT2D eigenvalue weighted by Gasteiger charge is 2.24. The standard InChI is InChI=1S/C19H18Br2ClN3O3/c1-10(2)16(24-18(27)12-3-5-13(22)6-4-12)19(28)25-23-9-11-7-14(20)17(26)15(21)8-11/h3-10,16,26H,1-2H3,(H,24,27)(H,25,28). The number of phenolic OH excluding ortho intramolecular Hbond substituents is 1. The van der Waals surface area contributed by atoms with Gasteiger partial charge in [-0.25, -0.2) is 5.43 Å². The smallest absolute Gasteiger partial charge is 0.262 e. The average Bonchev–Trinajstić information content (AvgIpc) is 2.64. The van der Waals surface area contributed by atoms with Crippen molar-refractivity contribution in [2.75, 3.05) is 0 Å². The maximum atomic E-state index is 12.5. The predicted octanol–water partition coefficient (Wildman–Crippen LogP) is 4.48.